The first kappa shape index (κ1) is 16.9. The van der Waals surface area contributed by atoms with Crippen molar-refractivity contribution in [2.45, 2.75) is 31.8 Å². The molecule has 4 heteroatoms. The van der Waals surface area contributed by atoms with Crippen LogP contribution in [0.5, 0.6) is 0 Å². The van der Waals surface area contributed by atoms with Crippen LogP contribution in [0.4, 0.5) is 0 Å². The van der Waals surface area contributed by atoms with Crippen LogP contribution in [0.1, 0.15) is 31.9 Å². The summed E-state index contributed by atoms with van der Waals surface area (Å²) in [6.07, 6.45) is 1.14. The predicted octanol–water partition coefficient (Wildman–Crippen LogP) is 3.13. The maximum Gasteiger partial charge on any atom is 0.0340 e. The van der Waals surface area contributed by atoms with Gasteiger partial charge in [-0.25, -0.2) is 0 Å². The largest absolute Gasteiger partial charge is 0.313 e. The lowest BCUT2D eigenvalue weighted by Gasteiger charge is -2.45. The normalized spacial score (nSPS) is 21.4. The van der Waals surface area contributed by atoms with Gasteiger partial charge in [-0.3, -0.25) is 4.90 Å². The zero-order valence-corrected chi connectivity index (χ0v) is 15.3. The third-order valence-corrected chi connectivity index (χ3v) is 5.48. The predicted molar refractivity (Wildman–Crippen MR) is 93.7 cm³/mol. The molecule has 2 rings (SSSR count). The maximum atomic E-state index is 3.67. The molecular formula is C17H28BrN3. The van der Waals surface area contributed by atoms with Gasteiger partial charge >= 0.3 is 0 Å². The Hall–Kier alpha value is -0.420. The van der Waals surface area contributed by atoms with Crippen LogP contribution in [0.3, 0.4) is 0 Å². The molecule has 1 aromatic carbocycles. The van der Waals surface area contributed by atoms with Gasteiger partial charge in [0.2, 0.25) is 0 Å². The number of nitrogens with one attached hydrogen (secondary N) is 1. The van der Waals surface area contributed by atoms with E-state index in [1.807, 2.05) is 0 Å². The van der Waals surface area contributed by atoms with Gasteiger partial charge in [-0.2, -0.15) is 0 Å². The molecule has 1 aliphatic rings. The average Bonchev–Trinajstić information content (AvgIpc) is 2.45. The molecular weight excluding hydrogens is 326 g/mol. The second-order valence-corrected chi connectivity index (χ2v) is 7.52. The van der Waals surface area contributed by atoms with E-state index >= 15 is 0 Å². The molecule has 1 saturated heterocycles. The van der Waals surface area contributed by atoms with Crippen molar-refractivity contribution in [3.8, 4) is 0 Å². The lowest BCUT2D eigenvalue weighted by atomic mass is 9.98. The third kappa shape index (κ3) is 4.28. The first-order valence-electron chi connectivity index (χ1n) is 7.79. The smallest absolute Gasteiger partial charge is 0.0340 e. The number of rotatable bonds is 5. The van der Waals surface area contributed by atoms with E-state index in [2.05, 4.69) is 83.3 Å². The van der Waals surface area contributed by atoms with Gasteiger partial charge in [-0.15, -0.1) is 0 Å². The first-order valence-corrected chi connectivity index (χ1v) is 8.58. The number of hydrogen-bond donors (Lipinski definition) is 1. The zero-order valence-electron chi connectivity index (χ0n) is 13.7. The van der Waals surface area contributed by atoms with E-state index in [1.165, 1.54) is 16.6 Å². The summed E-state index contributed by atoms with van der Waals surface area (Å²) in [5.41, 5.74) is 1.63. The molecule has 0 aromatic heterocycles. The fourth-order valence-electron chi connectivity index (χ4n) is 3.06. The van der Waals surface area contributed by atoms with Gasteiger partial charge in [-0.05, 0) is 46.0 Å². The molecule has 118 valence electrons. The summed E-state index contributed by atoms with van der Waals surface area (Å²) in [6.45, 7) is 9.30. The number of likely N-dealkylation sites (N-methyl/N-ethyl adjacent to an activating group) is 1. The highest BCUT2D eigenvalue weighted by Gasteiger charge is 2.30. The molecule has 1 aromatic rings. The second-order valence-electron chi connectivity index (χ2n) is 6.66. The minimum absolute atomic E-state index is 0.278. The number of hydrogen-bond acceptors (Lipinski definition) is 3. The number of nitrogens with zero attached hydrogens (tertiary/aromatic N) is 2. The van der Waals surface area contributed by atoms with Gasteiger partial charge in [-0.1, -0.05) is 34.1 Å². The molecule has 0 amide bonds. The van der Waals surface area contributed by atoms with Crippen LogP contribution in [0.15, 0.2) is 28.7 Å². The summed E-state index contributed by atoms with van der Waals surface area (Å²) in [4.78, 5) is 5.06. The summed E-state index contributed by atoms with van der Waals surface area (Å²) in [6, 6.07) is 8.92. The molecule has 0 radical (unpaired) electrons. The number of piperazine rings is 1. The molecule has 1 unspecified atom stereocenters. The van der Waals surface area contributed by atoms with Crippen molar-refractivity contribution in [3.05, 3.63) is 34.3 Å². The summed E-state index contributed by atoms with van der Waals surface area (Å²) in [7, 11) is 4.28. The molecule has 1 N–H and O–H groups in total. The van der Waals surface area contributed by atoms with Gasteiger partial charge in [0.15, 0.2) is 0 Å². The van der Waals surface area contributed by atoms with Gasteiger partial charge in [0.05, 0.1) is 0 Å². The van der Waals surface area contributed by atoms with Crippen molar-refractivity contribution in [1.82, 2.24) is 15.1 Å². The standard InChI is InChI=1S/C17H28BrN3/c1-17(2)13-21(12-11-20(17)4)10-9-16(19-3)14-7-5-6-8-15(14)18/h5-8,16,19H,9-13H2,1-4H3. The van der Waals surface area contributed by atoms with Crippen LogP contribution in [0, 0.1) is 0 Å². The van der Waals surface area contributed by atoms with Crippen molar-refractivity contribution in [3.63, 3.8) is 0 Å². The number of halogens is 1. The van der Waals surface area contributed by atoms with Crippen LogP contribution in [0.25, 0.3) is 0 Å². The quantitative estimate of drug-likeness (QED) is 0.877. The minimum atomic E-state index is 0.278. The van der Waals surface area contributed by atoms with Crippen molar-refractivity contribution < 1.29 is 0 Å². The summed E-state index contributed by atoms with van der Waals surface area (Å²) in [5.74, 6) is 0. The zero-order chi connectivity index (χ0) is 15.5. The Balaban J connectivity index is 1.94. The molecule has 1 fully saturated rings. The lowest BCUT2D eigenvalue weighted by molar-refractivity contribution is 0.0382. The monoisotopic (exact) mass is 353 g/mol. The molecule has 1 aliphatic heterocycles. The summed E-state index contributed by atoms with van der Waals surface area (Å²) < 4.78 is 1.20. The number of benzene rings is 1. The molecule has 3 nitrogen and oxygen atoms in total. The molecule has 0 aliphatic carbocycles. The maximum absolute atomic E-state index is 3.67. The van der Waals surface area contributed by atoms with Gasteiger partial charge in [0.25, 0.3) is 0 Å². The highest BCUT2D eigenvalue weighted by atomic mass is 79.9. The molecule has 0 spiro atoms. The fraction of sp³-hybridized carbons (Fsp3) is 0.647. The van der Waals surface area contributed by atoms with Crippen LogP contribution < -0.4 is 5.32 Å². The van der Waals surface area contributed by atoms with Crippen LogP contribution in [-0.4, -0.2) is 55.6 Å². The molecule has 0 bridgehead atoms. The van der Waals surface area contributed by atoms with E-state index in [-0.39, 0.29) is 5.54 Å². The van der Waals surface area contributed by atoms with Crippen LogP contribution >= 0.6 is 15.9 Å². The Morgan fingerprint density at radius 1 is 1.29 bits per heavy atom. The molecule has 1 atom stereocenters. The third-order valence-electron chi connectivity index (χ3n) is 4.76. The van der Waals surface area contributed by atoms with E-state index in [9.17, 15) is 0 Å². The Kier molecular flexibility index (Phi) is 5.83. The topological polar surface area (TPSA) is 18.5 Å². The summed E-state index contributed by atoms with van der Waals surface area (Å²) >= 11 is 3.67. The van der Waals surface area contributed by atoms with E-state index in [4.69, 9.17) is 0 Å². The van der Waals surface area contributed by atoms with Crippen molar-refractivity contribution in [2.24, 2.45) is 0 Å². The van der Waals surface area contributed by atoms with Gasteiger partial charge < -0.3 is 10.2 Å². The molecule has 21 heavy (non-hydrogen) atoms. The van der Waals surface area contributed by atoms with E-state index in [0.717, 1.165) is 26.1 Å². The highest BCUT2D eigenvalue weighted by molar-refractivity contribution is 9.10. The molecule has 0 saturated carbocycles. The van der Waals surface area contributed by atoms with Crippen molar-refractivity contribution in [1.29, 1.82) is 0 Å². The van der Waals surface area contributed by atoms with E-state index in [1.54, 1.807) is 0 Å². The van der Waals surface area contributed by atoms with E-state index in [0.29, 0.717) is 6.04 Å². The van der Waals surface area contributed by atoms with Gasteiger partial charge in [0, 0.05) is 42.2 Å². The van der Waals surface area contributed by atoms with Crippen molar-refractivity contribution in [2.75, 3.05) is 40.3 Å². The van der Waals surface area contributed by atoms with Gasteiger partial charge in [0.1, 0.15) is 0 Å². The SMILES string of the molecule is CNC(CCN1CCN(C)C(C)(C)C1)c1ccccc1Br. The van der Waals surface area contributed by atoms with Crippen LogP contribution in [-0.2, 0) is 0 Å². The Morgan fingerprint density at radius 2 is 2.00 bits per heavy atom. The fourth-order valence-corrected chi connectivity index (χ4v) is 3.62. The first-order chi connectivity index (χ1) is 9.94. The Bertz CT molecular complexity index is 461. The highest BCUT2D eigenvalue weighted by Crippen LogP contribution is 2.26. The molecule has 1 heterocycles. The Morgan fingerprint density at radius 3 is 2.62 bits per heavy atom. The summed E-state index contributed by atoms with van der Waals surface area (Å²) in [5, 5.41) is 3.46. The van der Waals surface area contributed by atoms with E-state index < -0.39 is 0 Å². The van der Waals surface area contributed by atoms with Crippen molar-refractivity contribution >= 4 is 15.9 Å². The Labute approximate surface area is 137 Å². The van der Waals surface area contributed by atoms with Crippen LogP contribution in [0.2, 0.25) is 0 Å². The lowest BCUT2D eigenvalue weighted by Crippen LogP contribution is -2.57. The second kappa shape index (κ2) is 7.23. The average molecular weight is 354 g/mol. The minimum Gasteiger partial charge on any atom is -0.313 e.